The highest BCUT2D eigenvalue weighted by atomic mass is 16.5. The van der Waals surface area contributed by atoms with Crippen LogP contribution < -0.4 is 0 Å². The Bertz CT molecular complexity index is 516. The fraction of sp³-hybridized carbons (Fsp3) is 0.647. The third-order valence-electron chi connectivity index (χ3n) is 5.39. The highest BCUT2D eigenvalue weighted by Crippen LogP contribution is 2.57. The Hall–Kier alpha value is -1.06. The van der Waals surface area contributed by atoms with Crippen molar-refractivity contribution in [2.24, 2.45) is 5.41 Å². The van der Waals surface area contributed by atoms with E-state index in [0.29, 0.717) is 6.42 Å². The second kappa shape index (κ2) is 4.47. The van der Waals surface area contributed by atoms with Crippen LogP contribution in [-0.2, 0) is 9.47 Å². The highest BCUT2D eigenvalue weighted by molar-refractivity contribution is 5.51. The summed E-state index contributed by atoms with van der Waals surface area (Å²) in [7, 11) is 1.76. The van der Waals surface area contributed by atoms with Crippen LogP contribution in [0.1, 0.15) is 38.5 Å². The topological polar surface area (TPSA) is 38.7 Å². The summed E-state index contributed by atoms with van der Waals surface area (Å²) in [5, 5.41) is 9.95. The van der Waals surface area contributed by atoms with Crippen LogP contribution in [0.2, 0.25) is 0 Å². The summed E-state index contributed by atoms with van der Waals surface area (Å²) >= 11 is 0. The minimum Gasteiger partial charge on any atom is -0.490 e. The van der Waals surface area contributed by atoms with Crippen LogP contribution in [0.4, 0.5) is 0 Å². The first-order chi connectivity index (χ1) is 9.74. The number of hydrogen-bond donors (Lipinski definition) is 1. The average Bonchev–Trinajstić information content (AvgIpc) is 2.66. The molecule has 1 spiro atoms. The van der Waals surface area contributed by atoms with Crippen LogP contribution in [0.25, 0.3) is 0 Å². The van der Waals surface area contributed by atoms with Gasteiger partial charge in [-0.1, -0.05) is 24.6 Å². The van der Waals surface area contributed by atoms with Crippen LogP contribution in [0.15, 0.2) is 35.1 Å². The second-order valence-electron chi connectivity index (χ2n) is 6.44. The molecule has 0 bridgehead atoms. The fourth-order valence-corrected chi connectivity index (χ4v) is 4.42. The van der Waals surface area contributed by atoms with Gasteiger partial charge in [0.15, 0.2) is 0 Å². The van der Waals surface area contributed by atoms with Gasteiger partial charge in [-0.15, -0.1) is 0 Å². The summed E-state index contributed by atoms with van der Waals surface area (Å²) < 4.78 is 11.9. The molecule has 4 aliphatic rings. The van der Waals surface area contributed by atoms with Crippen molar-refractivity contribution in [3.63, 3.8) is 0 Å². The summed E-state index contributed by atoms with van der Waals surface area (Å²) in [5.41, 5.74) is 2.85. The van der Waals surface area contributed by atoms with E-state index in [9.17, 15) is 5.11 Å². The van der Waals surface area contributed by atoms with Crippen LogP contribution in [0, 0.1) is 5.41 Å². The number of aliphatic hydroxyl groups excluding tert-OH is 1. The first-order valence-electron chi connectivity index (χ1n) is 7.75. The third kappa shape index (κ3) is 1.60. The summed E-state index contributed by atoms with van der Waals surface area (Å²) in [4.78, 5) is 0. The number of rotatable bonds is 1. The lowest BCUT2D eigenvalue weighted by Crippen LogP contribution is -2.38. The molecule has 1 fully saturated rings. The molecule has 1 saturated carbocycles. The molecule has 3 aliphatic carbocycles. The number of ether oxygens (including phenoxy) is 2. The maximum atomic E-state index is 9.95. The van der Waals surface area contributed by atoms with Gasteiger partial charge in [0.1, 0.15) is 18.0 Å². The maximum absolute atomic E-state index is 9.95. The summed E-state index contributed by atoms with van der Waals surface area (Å²) in [6, 6.07) is 0. The summed E-state index contributed by atoms with van der Waals surface area (Å²) in [6.45, 7) is 0. The Morgan fingerprint density at radius 2 is 2.30 bits per heavy atom. The zero-order valence-corrected chi connectivity index (χ0v) is 12.0. The Morgan fingerprint density at radius 1 is 1.40 bits per heavy atom. The second-order valence-corrected chi connectivity index (χ2v) is 6.44. The highest BCUT2D eigenvalue weighted by Gasteiger charge is 2.54. The average molecular weight is 274 g/mol. The molecule has 1 N–H and O–H groups in total. The molecule has 4 atom stereocenters. The normalized spacial score (nSPS) is 42.5. The molecule has 0 aromatic carbocycles. The van der Waals surface area contributed by atoms with Crippen LogP contribution >= 0.6 is 0 Å². The molecular formula is C17H22O3. The molecule has 2 unspecified atom stereocenters. The van der Waals surface area contributed by atoms with E-state index in [0.717, 1.165) is 25.0 Å². The van der Waals surface area contributed by atoms with Crippen LogP contribution in [0.5, 0.6) is 0 Å². The van der Waals surface area contributed by atoms with Gasteiger partial charge < -0.3 is 14.6 Å². The van der Waals surface area contributed by atoms with E-state index in [4.69, 9.17) is 9.47 Å². The van der Waals surface area contributed by atoms with Crippen molar-refractivity contribution in [1.82, 2.24) is 0 Å². The van der Waals surface area contributed by atoms with Crippen LogP contribution in [0.3, 0.4) is 0 Å². The number of aliphatic hydroxyl groups is 1. The molecule has 3 heteroatoms. The first-order valence-corrected chi connectivity index (χ1v) is 7.75. The Morgan fingerprint density at radius 3 is 3.15 bits per heavy atom. The van der Waals surface area contributed by atoms with Gasteiger partial charge in [-0.25, -0.2) is 0 Å². The number of allylic oxidation sites excluding steroid dienone is 1. The molecule has 3 nitrogen and oxygen atoms in total. The molecule has 0 aromatic rings. The standard InChI is InChI=1S/C17H22O3/c1-19-13-6-5-11-4-2-3-8-17-9-7-12(18)10-14(17)20-16(13)15(11)17/h5,7,9,12-14,18H,2-4,6,8,10H2,1H3/t12?,13?,14-,17+/m1/s1. The fourth-order valence-electron chi connectivity index (χ4n) is 4.42. The predicted octanol–water partition coefficient (Wildman–Crippen LogP) is 2.87. The van der Waals surface area contributed by atoms with Crippen LogP contribution in [-0.4, -0.2) is 30.5 Å². The van der Waals surface area contributed by atoms with Crippen molar-refractivity contribution in [1.29, 1.82) is 0 Å². The van der Waals surface area contributed by atoms with Gasteiger partial charge in [-0.2, -0.15) is 0 Å². The van der Waals surface area contributed by atoms with E-state index in [-0.39, 0.29) is 23.7 Å². The lowest BCUT2D eigenvalue weighted by molar-refractivity contribution is -0.00241. The monoisotopic (exact) mass is 274 g/mol. The predicted molar refractivity (Wildman–Crippen MR) is 76.1 cm³/mol. The Kier molecular flexibility index (Phi) is 2.83. The van der Waals surface area contributed by atoms with Gasteiger partial charge >= 0.3 is 0 Å². The lowest BCUT2D eigenvalue weighted by atomic mass is 9.67. The van der Waals surface area contributed by atoms with Gasteiger partial charge in [0.25, 0.3) is 0 Å². The van der Waals surface area contributed by atoms with E-state index in [2.05, 4.69) is 12.2 Å². The quantitative estimate of drug-likeness (QED) is 0.747. The van der Waals surface area contributed by atoms with Crippen molar-refractivity contribution in [2.75, 3.05) is 7.11 Å². The zero-order chi connectivity index (χ0) is 13.7. The minimum absolute atomic E-state index is 0.00586. The smallest absolute Gasteiger partial charge is 0.130 e. The molecule has 1 aliphatic heterocycles. The van der Waals surface area contributed by atoms with Gasteiger partial charge in [-0.3, -0.25) is 0 Å². The maximum Gasteiger partial charge on any atom is 0.130 e. The summed E-state index contributed by atoms with van der Waals surface area (Å²) in [6.07, 6.45) is 12.7. The van der Waals surface area contributed by atoms with E-state index in [1.54, 1.807) is 7.11 Å². The molecular weight excluding hydrogens is 252 g/mol. The molecule has 20 heavy (non-hydrogen) atoms. The number of methoxy groups -OCH3 is 1. The van der Waals surface area contributed by atoms with Crippen molar-refractivity contribution in [2.45, 2.75) is 56.8 Å². The molecule has 108 valence electrons. The van der Waals surface area contributed by atoms with Gasteiger partial charge in [0.05, 0.1) is 11.5 Å². The molecule has 1 heterocycles. The minimum atomic E-state index is -0.372. The molecule has 0 radical (unpaired) electrons. The number of hydrogen-bond acceptors (Lipinski definition) is 3. The molecule has 0 saturated heterocycles. The van der Waals surface area contributed by atoms with E-state index in [1.807, 2.05) is 6.08 Å². The summed E-state index contributed by atoms with van der Waals surface area (Å²) in [5.74, 6) is 1.05. The van der Waals surface area contributed by atoms with Gasteiger partial charge in [0, 0.05) is 19.1 Å². The van der Waals surface area contributed by atoms with Gasteiger partial charge in [0.2, 0.25) is 0 Å². The van der Waals surface area contributed by atoms with Crippen molar-refractivity contribution in [3.8, 4) is 0 Å². The lowest BCUT2D eigenvalue weighted by Gasteiger charge is -2.37. The third-order valence-corrected chi connectivity index (χ3v) is 5.39. The largest absolute Gasteiger partial charge is 0.490 e. The molecule has 4 rings (SSSR count). The van der Waals surface area contributed by atoms with Crippen molar-refractivity contribution < 1.29 is 14.6 Å². The van der Waals surface area contributed by atoms with E-state index in [1.165, 1.54) is 24.0 Å². The molecule has 0 aromatic heterocycles. The zero-order valence-electron chi connectivity index (χ0n) is 12.0. The SMILES string of the molecule is COC1CC=C2CCCC[C@]34C=CC(O)C[C@H]3OC1=C24. The van der Waals surface area contributed by atoms with Gasteiger partial charge in [-0.05, 0) is 31.3 Å². The Balaban J connectivity index is 1.86. The molecule has 0 amide bonds. The van der Waals surface area contributed by atoms with E-state index >= 15 is 0 Å². The van der Waals surface area contributed by atoms with Crippen molar-refractivity contribution in [3.05, 3.63) is 35.1 Å². The van der Waals surface area contributed by atoms with E-state index < -0.39 is 0 Å². The Labute approximate surface area is 120 Å². The first kappa shape index (κ1) is 12.7. The van der Waals surface area contributed by atoms with Crippen molar-refractivity contribution >= 4 is 0 Å².